The number of nitrogen functional groups attached to an aromatic ring is 1. The molecule has 0 radical (unpaired) electrons. The molecule has 0 spiro atoms. The first-order valence-electron chi connectivity index (χ1n) is 5.83. The summed E-state index contributed by atoms with van der Waals surface area (Å²) in [5.74, 6) is 0. The Bertz CT molecular complexity index is 612. The van der Waals surface area contributed by atoms with E-state index in [1.54, 1.807) is 0 Å². The lowest BCUT2D eigenvalue weighted by Crippen LogP contribution is -2.12. The molecule has 0 aliphatic carbocycles. The standard InChI is InChI=1S/C15H16N2S/c1-15(2,3)11-7-5-4-6-10(11)13-8-12(17)14(9-16)18-13/h4-8H,17H2,1-3H3. The lowest BCUT2D eigenvalue weighted by atomic mass is 9.83. The molecule has 0 aliphatic rings. The van der Waals surface area contributed by atoms with Crippen LogP contribution in [0.25, 0.3) is 10.4 Å². The van der Waals surface area contributed by atoms with Crippen LogP contribution in [0.15, 0.2) is 30.3 Å². The predicted molar refractivity (Wildman–Crippen MR) is 77.6 cm³/mol. The summed E-state index contributed by atoms with van der Waals surface area (Å²) >= 11 is 1.46. The zero-order valence-electron chi connectivity index (χ0n) is 10.8. The quantitative estimate of drug-likeness (QED) is 0.832. The van der Waals surface area contributed by atoms with E-state index in [9.17, 15) is 0 Å². The average molecular weight is 256 g/mol. The van der Waals surface area contributed by atoms with E-state index in [1.807, 2.05) is 18.2 Å². The van der Waals surface area contributed by atoms with Crippen LogP contribution in [0.5, 0.6) is 0 Å². The fourth-order valence-electron chi connectivity index (χ4n) is 1.98. The molecule has 0 aliphatic heterocycles. The van der Waals surface area contributed by atoms with Gasteiger partial charge >= 0.3 is 0 Å². The zero-order valence-corrected chi connectivity index (χ0v) is 11.6. The van der Waals surface area contributed by atoms with Gasteiger partial charge in [0, 0.05) is 4.88 Å². The van der Waals surface area contributed by atoms with E-state index >= 15 is 0 Å². The smallest absolute Gasteiger partial charge is 0.128 e. The minimum atomic E-state index is 0.0716. The van der Waals surface area contributed by atoms with Gasteiger partial charge in [-0.2, -0.15) is 5.26 Å². The highest BCUT2D eigenvalue weighted by Gasteiger charge is 2.19. The van der Waals surface area contributed by atoms with Gasteiger partial charge in [0.2, 0.25) is 0 Å². The average Bonchev–Trinajstić information content (AvgIpc) is 2.69. The van der Waals surface area contributed by atoms with Crippen LogP contribution in [-0.2, 0) is 5.41 Å². The molecule has 92 valence electrons. The molecule has 0 bridgehead atoms. The summed E-state index contributed by atoms with van der Waals surface area (Å²) < 4.78 is 0. The third-order valence-electron chi connectivity index (χ3n) is 2.86. The van der Waals surface area contributed by atoms with Gasteiger partial charge in [0.15, 0.2) is 0 Å². The molecular weight excluding hydrogens is 240 g/mol. The molecule has 2 N–H and O–H groups in total. The minimum Gasteiger partial charge on any atom is -0.397 e. The van der Waals surface area contributed by atoms with Gasteiger partial charge in [-0.25, -0.2) is 0 Å². The van der Waals surface area contributed by atoms with E-state index in [0.717, 1.165) is 4.88 Å². The van der Waals surface area contributed by atoms with Crippen molar-refractivity contribution in [2.24, 2.45) is 0 Å². The Hall–Kier alpha value is -1.79. The van der Waals surface area contributed by atoms with E-state index in [2.05, 4.69) is 39.0 Å². The summed E-state index contributed by atoms with van der Waals surface area (Å²) in [4.78, 5) is 1.66. The normalized spacial score (nSPS) is 11.2. The van der Waals surface area contributed by atoms with E-state index in [-0.39, 0.29) is 5.41 Å². The molecule has 2 rings (SSSR count). The Morgan fingerprint density at radius 3 is 2.44 bits per heavy atom. The van der Waals surface area contributed by atoms with Crippen molar-refractivity contribution in [3.63, 3.8) is 0 Å². The van der Waals surface area contributed by atoms with E-state index in [4.69, 9.17) is 11.0 Å². The molecule has 0 fully saturated rings. The summed E-state index contributed by atoms with van der Waals surface area (Å²) in [7, 11) is 0. The van der Waals surface area contributed by atoms with E-state index in [0.29, 0.717) is 10.6 Å². The lowest BCUT2D eigenvalue weighted by Gasteiger charge is -2.22. The van der Waals surface area contributed by atoms with E-state index < -0.39 is 0 Å². The summed E-state index contributed by atoms with van der Waals surface area (Å²) in [6.45, 7) is 6.57. The Morgan fingerprint density at radius 2 is 1.89 bits per heavy atom. The molecule has 2 aromatic rings. The van der Waals surface area contributed by atoms with Crippen LogP contribution in [0.3, 0.4) is 0 Å². The number of nitrogens with zero attached hydrogens (tertiary/aromatic N) is 1. The fourth-order valence-corrected chi connectivity index (χ4v) is 2.89. The van der Waals surface area contributed by atoms with Crippen molar-refractivity contribution in [3.8, 4) is 16.5 Å². The van der Waals surface area contributed by atoms with Crippen molar-refractivity contribution in [2.75, 3.05) is 5.73 Å². The van der Waals surface area contributed by atoms with Crippen LogP contribution < -0.4 is 5.73 Å². The first-order valence-corrected chi connectivity index (χ1v) is 6.64. The second kappa shape index (κ2) is 4.47. The monoisotopic (exact) mass is 256 g/mol. The molecule has 0 saturated heterocycles. The molecular formula is C15H16N2S. The van der Waals surface area contributed by atoms with Crippen LogP contribution in [0.1, 0.15) is 31.2 Å². The van der Waals surface area contributed by atoms with Gasteiger partial charge in [-0.05, 0) is 22.6 Å². The lowest BCUT2D eigenvalue weighted by molar-refractivity contribution is 0.592. The molecule has 1 aromatic heterocycles. The summed E-state index contributed by atoms with van der Waals surface area (Å²) in [5, 5.41) is 8.99. The topological polar surface area (TPSA) is 49.8 Å². The molecule has 0 unspecified atom stereocenters. The molecule has 1 aromatic carbocycles. The highest BCUT2D eigenvalue weighted by Crippen LogP contribution is 2.38. The van der Waals surface area contributed by atoms with Gasteiger partial charge in [-0.3, -0.25) is 0 Å². The number of hydrogen-bond acceptors (Lipinski definition) is 3. The molecule has 3 heteroatoms. The summed E-state index contributed by atoms with van der Waals surface area (Å²) in [6.07, 6.45) is 0. The maximum Gasteiger partial charge on any atom is 0.128 e. The molecule has 0 saturated carbocycles. The Balaban J connectivity index is 2.61. The van der Waals surface area contributed by atoms with Crippen molar-refractivity contribution in [3.05, 3.63) is 40.8 Å². The van der Waals surface area contributed by atoms with Gasteiger partial charge in [0.25, 0.3) is 0 Å². The van der Waals surface area contributed by atoms with Gasteiger partial charge in [-0.15, -0.1) is 11.3 Å². The van der Waals surface area contributed by atoms with Crippen molar-refractivity contribution < 1.29 is 0 Å². The van der Waals surface area contributed by atoms with Crippen LogP contribution >= 0.6 is 11.3 Å². The van der Waals surface area contributed by atoms with Crippen molar-refractivity contribution >= 4 is 17.0 Å². The van der Waals surface area contributed by atoms with Gasteiger partial charge in [0.05, 0.1) is 5.69 Å². The van der Waals surface area contributed by atoms with Crippen LogP contribution in [-0.4, -0.2) is 0 Å². The van der Waals surface area contributed by atoms with Crippen molar-refractivity contribution in [2.45, 2.75) is 26.2 Å². The van der Waals surface area contributed by atoms with Crippen LogP contribution in [0, 0.1) is 11.3 Å². The zero-order chi connectivity index (χ0) is 13.3. The Kier molecular flexibility index (Phi) is 3.14. The third kappa shape index (κ3) is 2.25. The first kappa shape index (κ1) is 12.7. The highest BCUT2D eigenvalue weighted by atomic mass is 32.1. The Labute approximate surface area is 112 Å². The molecule has 2 nitrogen and oxygen atoms in total. The number of hydrogen-bond donors (Lipinski definition) is 1. The molecule has 0 atom stereocenters. The molecule has 1 heterocycles. The predicted octanol–water partition coefficient (Wildman–Crippen LogP) is 4.17. The second-order valence-corrected chi connectivity index (χ2v) is 6.35. The second-order valence-electron chi connectivity index (χ2n) is 5.30. The molecule has 18 heavy (non-hydrogen) atoms. The summed E-state index contributed by atoms with van der Waals surface area (Å²) in [6, 6.07) is 12.3. The SMILES string of the molecule is CC(C)(C)c1ccccc1-c1cc(N)c(C#N)s1. The van der Waals surface area contributed by atoms with Crippen LogP contribution in [0.4, 0.5) is 5.69 Å². The number of thiophene rings is 1. The van der Waals surface area contributed by atoms with E-state index in [1.165, 1.54) is 22.5 Å². The maximum atomic E-state index is 8.99. The van der Waals surface area contributed by atoms with Gasteiger partial charge in [0.1, 0.15) is 10.9 Å². The minimum absolute atomic E-state index is 0.0716. The Morgan fingerprint density at radius 1 is 1.22 bits per heavy atom. The number of anilines is 1. The van der Waals surface area contributed by atoms with Crippen molar-refractivity contribution in [1.29, 1.82) is 5.26 Å². The van der Waals surface area contributed by atoms with Gasteiger partial charge in [-0.1, -0.05) is 45.0 Å². The maximum absolute atomic E-state index is 8.99. The highest BCUT2D eigenvalue weighted by molar-refractivity contribution is 7.16. The number of rotatable bonds is 1. The van der Waals surface area contributed by atoms with Crippen LogP contribution in [0.2, 0.25) is 0 Å². The summed E-state index contributed by atoms with van der Waals surface area (Å²) in [5.41, 5.74) is 8.92. The third-order valence-corrected chi connectivity index (χ3v) is 3.95. The number of nitriles is 1. The molecule has 0 amide bonds. The van der Waals surface area contributed by atoms with Crippen molar-refractivity contribution in [1.82, 2.24) is 0 Å². The number of benzene rings is 1. The first-order chi connectivity index (χ1) is 8.43. The largest absolute Gasteiger partial charge is 0.397 e. The fraction of sp³-hybridized carbons (Fsp3) is 0.267. The van der Waals surface area contributed by atoms with Gasteiger partial charge < -0.3 is 5.73 Å². The number of nitrogens with two attached hydrogens (primary N) is 1.